The number of benzene rings is 2. The lowest BCUT2D eigenvalue weighted by molar-refractivity contribution is 0.0697. The summed E-state index contributed by atoms with van der Waals surface area (Å²) in [7, 11) is 0. The second-order valence-electron chi connectivity index (χ2n) is 3.65. The molecule has 0 fully saturated rings. The average Bonchev–Trinajstić information content (AvgIpc) is 2.27. The second kappa shape index (κ2) is 4.65. The van der Waals surface area contributed by atoms with Crippen molar-refractivity contribution in [1.29, 1.82) is 0 Å². The molecule has 2 rings (SSSR count). The van der Waals surface area contributed by atoms with Crippen molar-refractivity contribution in [2.75, 3.05) is 0 Å². The summed E-state index contributed by atoms with van der Waals surface area (Å²) in [5.41, 5.74) is 0.839. The van der Waals surface area contributed by atoms with Gasteiger partial charge in [-0.25, -0.2) is 4.79 Å². The highest BCUT2D eigenvalue weighted by Gasteiger charge is 2.04. The van der Waals surface area contributed by atoms with Gasteiger partial charge in [-0.1, -0.05) is 35.3 Å². The van der Waals surface area contributed by atoms with Crippen molar-refractivity contribution < 1.29 is 18.7 Å². The van der Waals surface area contributed by atoms with Crippen molar-refractivity contribution >= 4 is 27.8 Å². The van der Waals surface area contributed by atoms with Gasteiger partial charge in [0.05, 0.1) is 5.56 Å². The number of carboxylic acid groups (broad SMARTS) is 1. The predicted molar refractivity (Wildman–Crippen MR) is 63.5 cm³/mol. The molecule has 2 aromatic rings. The van der Waals surface area contributed by atoms with Crippen LogP contribution in [0.15, 0.2) is 36.4 Å². The van der Waals surface area contributed by atoms with E-state index < -0.39 is 17.0 Å². The molecule has 1 N–H and O–H groups in total. The minimum Gasteiger partial charge on any atom is -0.772 e. The zero-order valence-electron chi connectivity index (χ0n) is 8.75. The highest BCUT2D eigenvalue weighted by Crippen LogP contribution is 2.18. The fraction of sp³-hybridized carbons (Fsp3) is 0.0833. The summed E-state index contributed by atoms with van der Waals surface area (Å²) in [6, 6.07) is 9.96. The minimum atomic E-state index is -2.14. The van der Waals surface area contributed by atoms with Gasteiger partial charge in [-0.15, -0.1) is 0 Å². The molecule has 0 bridgehead atoms. The molecule has 0 spiro atoms. The number of carboxylic acids is 1. The van der Waals surface area contributed by atoms with E-state index in [2.05, 4.69) is 0 Å². The Labute approximate surface area is 100 Å². The molecule has 0 radical (unpaired) electrons. The molecule has 0 aliphatic rings. The Morgan fingerprint density at radius 3 is 2.53 bits per heavy atom. The Hall–Kier alpha value is -1.72. The van der Waals surface area contributed by atoms with E-state index >= 15 is 0 Å². The largest absolute Gasteiger partial charge is 0.772 e. The van der Waals surface area contributed by atoms with Gasteiger partial charge in [0.25, 0.3) is 0 Å². The van der Waals surface area contributed by atoms with Crippen LogP contribution in [-0.4, -0.2) is 19.8 Å². The van der Waals surface area contributed by atoms with Crippen molar-refractivity contribution in [2.45, 2.75) is 5.75 Å². The number of hydrogen-bond donors (Lipinski definition) is 1. The quantitative estimate of drug-likeness (QED) is 0.843. The van der Waals surface area contributed by atoms with E-state index in [4.69, 9.17) is 5.11 Å². The van der Waals surface area contributed by atoms with Crippen LogP contribution in [0.5, 0.6) is 0 Å². The van der Waals surface area contributed by atoms with Crippen LogP contribution >= 0.6 is 0 Å². The van der Waals surface area contributed by atoms with Crippen LogP contribution in [0.3, 0.4) is 0 Å². The number of carbonyl (C=O) groups is 1. The molecule has 0 aliphatic heterocycles. The van der Waals surface area contributed by atoms with Gasteiger partial charge in [-0.3, -0.25) is 4.21 Å². The molecule has 17 heavy (non-hydrogen) atoms. The van der Waals surface area contributed by atoms with Crippen LogP contribution < -0.4 is 0 Å². The van der Waals surface area contributed by atoms with Gasteiger partial charge < -0.3 is 9.66 Å². The zero-order valence-corrected chi connectivity index (χ0v) is 9.57. The molecule has 0 amide bonds. The summed E-state index contributed by atoms with van der Waals surface area (Å²) in [4.78, 5) is 10.8. The van der Waals surface area contributed by atoms with E-state index in [1.54, 1.807) is 24.3 Å². The summed E-state index contributed by atoms with van der Waals surface area (Å²) in [5.74, 6) is -1.06. The van der Waals surface area contributed by atoms with Gasteiger partial charge in [0.2, 0.25) is 0 Å². The van der Waals surface area contributed by atoms with Crippen molar-refractivity contribution in [1.82, 2.24) is 0 Å². The fourth-order valence-electron chi connectivity index (χ4n) is 1.66. The Kier molecular flexibility index (Phi) is 3.21. The Morgan fingerprint density at radius 2 is 1.88 bits per heavy atom. The molecule has 0 heterocycles. The highest BCUT2D eigenvalue weighted by molar-refractivity contribution is 7.78. The summed E-state index contributed by atoms with van der Waals surface area (Å²) in [6.07, 6.45) is 0. The summed E-state index contributed by atoms with van der Waals surface area (Å²) in [5, 5.41) is 10.5. The van der Waals surface area contributed by atoms with Gasteiger partial charge in [-0.05, 0) is 28.5 Å². The van der Waals surface area contributed by atoms with Crippen molar-refractivity contribution in [2.24, 2.45) is 0 Å². The molecule has 0 saturated carbocycles. The van der Waals surface area contributed by atoms with Crippen LogP contribution in [0, 0.1) is 0 Å². The first kappa shape index (κ1) is 11.8. The Bertz CT molecular complexity index is 606. The topological polar surface area (TPSA) is 77.4 Å². The first-order chi connectivity index (χ1) is 8.06. The average molecular weight is 249 g/mol. The van der Waals surface area contributed by atoms with Crippen molar-refractivity contribution in [3.63, 3.8) is 0 Å². The number of fused-ring (bicyclic) bond motifs is 1. The van der Waals surface area contributed by atoms with E-state index in [-0.39, 0.29) is 11.3 Å². The Morgan fingerprint density at radius 1 is 1.18 bits per heavy atom. The van der Waals surface area contributed by atoms with Gasteiger partial charge >= 0.3 is 5.97 Å². The maximum atomic E-state index is 10.8. The zero-order chi connectivity index (χ0) is 12.4. The molecule has 88 valence electrons. The molecule has 2 aromatic carbocycles. The summed E-state index contributed by atoms with van der Waals surface area (Å²) >= 11 is -2.14. The fourth-order valence-corrected chi connectivity index (χ4v) is 2.11. The van der Waals surface area contributed by atoms with Gasteiger partial charge in [0.15, 0.2) is 0 Å². The maximum Gasteiger partial charge on any atom is 0.335 e. The minimum absolute atomic E-state index is 0.0623. The molecule has 0 aromatic heterocycles. The molecular weight excluding hydrogens is 240 g/mol. The van der Waals surface area contributed by atoms with Crippen LogP contribution in [0.1, 0.15) is 15.9 Å². The van der Waals surface area contributed by atoms with Crippen LogP contribution in [-0.2, 0) is 16.8 Å². The number of aromatic carboxylic acids is 1. The van der Waals surface area contributed by atoms with E-state index in [9.17, 15) is 13.6 Å². The molecule has 1 unspecified atom stereocenters. The van der Waals surface area contributed by atoms with Crippen molar-refractivity contribution in [3.8, 4) is 0 Å². The molecule has 5 heteroatoms. The molecule has 1 atom stereocenters. The predicted octanol–water partition coefficient (Wildman–Crippen LogP) is 1.92. The smallest absolute Gasteiger partial charge is 0.335 e. The first-order valence-corrected chi connectivity index (χ1v) is 6.12. The first-order valence-electron chi connectivity index (χ1n) is 4.88. The third kappa shape index (κ3) is 2.69. The van der Waals surface area contributed by atoms with Crippen LogP contribution in [0.2, 0.25) is 0 Å². The highest BCUT2D eigenvalue weighted by atomic mass is 32.2. The summed E-state index contributed by atoms with van der Waals surface area (Å²) in [6.45, 7) is 0. The van der Waals surface area contributed by atoms with Crippen molar-refractivity contribution in [3.05, 3.63) is 47.5 Å². The SMILES string of the molecule is O=C(O)c1ccc2ccc(CS(=O)[O-])cc2c1. The monoisotopic (exact) mass is 249 g/mol. The molecular formula is C12H9O4S-. The maximum absolute atomic E-state index is 10.8. The second-order valence-corrected chi connectivity index (χ2v) is 4.55. The molecule has 4 nitrogen and oxygen atoms in total. The lowest BCUT2D eigenvalue weighted by atomic mass is 10.0. The van der Waals surface area contributed by atoms with E-state index in [0.717, 1.165) is 10.8 Å². The van der Waals surface area contributed by atoms with Gasteiger partial charge in [-0.2, -0.15) is 0 Å². The lowest BCUT2D eigenvalue weighted by Gasteiger charge is -2.06. The van der Waals surface area contributed by atoms with E-state index in [1.165, 1.54) is 12.1 Å². The molecule has 0 aliphatic carbocycles. The number of rotatable bonds is 3. The standard InChI is InChI=1S/C12H10O4S/c13-12(14)10-4-3-9-2-1-8(7-17(15)16)5-11(9)6-10/h1-6H,7H2,(H,13,14)(H,15,16)/p-1. The number of hydrogen-bond acceptors (Lipinski definition) is 3. The molecule has 0 saturated heterocycles. The van der Waals surface area contributed by atoms with E-state index in [1.807, 2.05) is 0 Å². The van der Waals surface area contributed by atoms with Gasteiger partial charge in [0.1, 0.15) is 0 Å². The van der Waals surface area contributed by atoms with Gasteiger partial charge in [0, 0.05) is 5.75 Å². The third-order valence-electron chi connectivity index (χ3n) is 2.44. The third-order valence-corrected chi connectivity index (χ3v) is 3.01. The van der Waals surface area contributed by atoms with Crippen LogP contribution in [0.4, 0.5) is 0 Å². The Balaban J connectivity index is 2.50. The lowest BCUT2D eigenvalue weighted by Crippen LogP contribution is -1.96. The normalized spacial score (nSPS) is 12.5. The van der Waals surface area contributed by atoms with E-state index in [0.29, 0.717) is 5.56 Å². The van der Waals surface area contributed by atoms with Crippen LogP contribution in [0.25, 0.3) is 10.8 Å². The summed E-state index contributed by atoms with van der Waals surface area (Å²) < 4.78 is 21.2.